The van der Waals surface area contributed by atoms with Crippen molar-refractivity contribution in [2.24, 2.45) is 0 Å². The summed E-state index contributed by atoms with van der Waals surface area (Å²) in [4.78, 5) is 16.9. The lowest BCUT2D eigenvalue weighted by Crippen LogP contribution is -2.34. The highest BCUT2D eigenvalue weighted by Gasteiger charge is 2.13. The van der Waals surface area contributed by atoms with E-state index in [1.165, 1.54) is 0 Å². The number of nitrogens with one attached hydrogen (secondary N) is 2. The van der Waals surface area contributed by atoms with E-state index in [-0.39, 0.29) is 11.0 Å². The average molecular weight is 452 g/mol. The second kappa shape index (κ2) is 8.75. The predicted octanol–water partition coefficient (Wildman–Crippen LogP) is 5.59. The van der Waals surface area contributed by atoms with Gasteiger partial charge in [0.1, 0.15) is 11.3 Å². The van der Waals surface area contributed by atoms with Crippen molar-refractivity contribution >= 4 is 51.6 Å². The standard InChI is InChI=1S/C23H18ClN3O3S/c1-13-3-4-15(22-25-19-12-17(29-2)9-10-20(19)30-22)11-18(13)26-23(31)27-21(28)14-5-7-16(24)8-6-14/h3-12H,1-2H3,(H2,26,27,28,31). The van der Waals surface area contributed by atoms with Crippen LogP contribution in [0.4, 0.5) is 5.69 Å². The van der Waals surface area contributed by atoms with E-state index in [1.54, 1.807) is 31.4 Å². The number of benzene rings is 3. The number of fused-ring (bicyclic) bond motifs is 1. The largest absolute Gasteiger partial charge is 0.497 e. The van der Waals surface area contributed by atoms with Crippen LogP contribution in [0, 0.1) is 6.92 Å². The van der Waals surface area contributed by atoms with Gasteiger partial charge >= 0.3 is 0 Å². The Bertz CT molecular complexity index is 1290. The molecule has 0 aliphatic rings. The monoisotopic (exact) mass is 451 g/mol. The number of aryl methyl sites for hydroxylation is 1. The van der Waals surface area contributed by atoms with Crippen molar-refractivity contribution in [1.29, 1.82) is 0 Å². The van der Waals surface area contributed by atoms with Gasteiger partial charge in [-0.1, -0.05) is 17.7 Å². The zero-order valence-electron chi connectivity index (χ0n) is 16.7. The zero-order valence-corrected chi connectivity index (χ0v) is 18.3. The first-order valence-electron chi connectivity index (χ1n) is 9.36. The van der Waals surface area contributed by atoms with Crippen LogP contribution in [0.5, 0.6) is 5.75 Å². The number of oxazole rings is 1. The third kappa shape index (κ3) is 4.68. The summed E-state index contributed by atoms with van der Waals surface area (Å²) in [5.74, 6) is 0.860. The van der Waals surface area contributed by atoms with Crippen molar-refractivity contribution in [3.8, 4) is 17.2 Å². The van der Waals surface area contributed by atoms with Gasteiger partial charge in [-0.15, -0.1) is 0 Å². The van der Waals surface area contributed by atoms with Crippen LogP contribution in [0.1, 0.15) is 15.9 Å². The van der Waals surface area contributed by atoms with Crippen LogP contribution < -0.4 is 15.4 Å². The van der Waals surface area contributed by atoms with Crippen molar-refractivity contribution in [3.63, 3.8) is 0 Å². The van der Waals surface area contributed by atoms with E-state index in [0.29, 0.717) is 33.3 Å². The summed E-state index contributed by atoms with van der Waals surface area (Å²) < 4.78 is 11.1. The molecule has 1 aromatic heterocycles. The fraction of sp³-hybridized carbons (Fsp3) is 0.0870. The molecule has 156 valence electrons. The molecule has 0 radical (unpaired) electrons. The Morgan fingerprint density at radius 1 is 1.10 bits per heavy atom. The molecule has 0 atom stereocenters. The lowest BCUT2D eigenvalue weighted by molar-refractivity contribution is 0.0977. The van der Waals surface area contributed by atoms with Crippen molar-refractivity contribution in [2.45, 2.75) is 6.92 Å². The number of aromatic nitrogens is 1. The molecule has 4 aromatic rings. The van der Waals surface area contributed by atoms with E-state index >= 15 is 0 Å². The number of carbonyl (C=O) groups excluding carboxylic acids is 1. The summed E-state index contributed by atoms with van der Waals surface area (Å²) in [7, 11) is 1.61. The van der Waals surface area contributed by atoms with Crippen molar-refractivity contribution < 1.29 is 13.9 Å². The number of amides is 1. The van der Waals surface area contributed by atoms with E-state index < -0.39 is 0 Å². The van der Waals surface area contributed by atoms with E-state index in [0.717, 1.165) is 16.8 Å². The first-order valence-corrected chi connectivity index (χ1v) is 10.1. The first kappa shape index (κ1) is 20.8. The molecule has 31 heavy (non-hydrogen) atoms. The van der Waals surface area contributed by atoms with Gasteiger partial charge in [0.15, 0.2) is 10.7 Å². The molecule has 1 amide bonds. The summed E-state index contributed by atoms with van der Waals surface area (Å²) >= 11 is 11.2. The molecule has 0 saturated carbocycles. The Balaban J connectivity index is 1.53. The summed E-state index contributed by atoms with van der Waals surface area (Å²) in [6, 6.07) is 17.7. The molecule has 6 nitrogen and oxygen atoms in total. The molecule has 0 saturated heterocycles. The maximum Gasteiger partial charge on any atom is 0.257 e. The molecule has 4 rings (SSSR count). The first-order chi connectivity index (χ1) is 14.9. The Morgan fingerprint density at radius 2 is 1.87 bits per heavy atom. The fourth-order valence-electron chi connectivity index (χ4n) is 2.98. The third-order valence-electron chi connectivity index (χ3n) is 4.66. The van der Waals surface area contributed by atoms with Gasteiger partial charge in [-0.05, 0) is 73.2 Å². The third-order valence-corrected chi connectivity index (χ3v) is 5.12. The molecule has 0 fully saturated rings. The quantitative estimate of drug-likeness (QED) is 0.394. The van der Waals surface area contributed by atoms with Gasteiger partial charge in [0.2, 0.25) is 5.89 Å². The number of hydrogen-bond donors (Lipinski definition) is 2. The number of thiocarbonyl (C=S) groups is 1. The van der Waals surface area contributed by atoms with Crippen LogP contribution in [0.3, 0.4) is 0 Å². The van der Waals surface area contributed by atoms with Crippen LogP contribution in [0.15, 0.2) is 65.1 Å². The Labute approximate surface area is 189 Å². The lowest BCUT2D eigenvalue weighted by Gasteiger charge is -2.12. The van der Waals surface area contributed by atoms with Crippen LogP contribution >= 0.6 is 23.8 Å². The highest BCUT2D eigenvalue weighted by atomic mass is 35.5. The fourth-order valence-corrected chi connectivity index (χ4v) is 3.31. The minimum absolute atomic E-state index is 0.183. The van der Waals surface area contributed by atoms with E-state index in [2.05, 4.69) is 15.6 Å². The van der Waals surface area contributed by atoms with Crippen molar-refractivity contribution in [1.82, 2.24) is 10.3 Å². The summed E-state index contributed by atoms with van der Waals surface area (Å²) in [5, 5.41) is 6.48. The van der Waals surface area contributed by atoms with Gasteiger partial charge in [0, 0.05) is 27.9 Å². The molecular formula is C23H18ClN3O3S. The van der Waals surface area contributed by atoms with E-state index in [9.17, 15) is 4.79 Å². The van der Waals surface area contributed by atoms with Gasteiger partial charge in [-0.2, -0.15) is 0 Å². The van der Waals surface area contributed by atoms with Gasteiger partial charge in [0.25, 0.3) is 5.91 Å². The number of nitrogens with zero attached hydrogens (tertiary/aromatic N) is 1. The maximum atomic E-state index is 12.4. The Kier molecular flexibility index (Phi) is 5.88. The number of ether oxygens (including phenoxy) is 1. The Morgan fingerprint density at radius 3 is 2.61 bits per heavy atom. The molecule has 0 aliphatic carbocycles. The van der Waals surface area contributed by atoms with E-state index in [4.69, 9.17) is 33.0 Å². The predicted molar refractivity (Wildman–Crippen MR) is 126 cm³/mol. The van der Waals surface area contributed by atoms with Crippen LogP contribution in [-0.2, 0) is 0 Å². The summed E-state index contributed by atoms with van der Waals surface area (Å²) in [6.07, 6.45) is 0. The van der Waals surface area contributed by atoms with Gasteiger partial charge in [-0.3, -0.25) is 10.1 Å². The van der Waals surface area contributed by atoms with Crippen molar-refractivity contribution in [3.05, 3.63) is 76.8 Å². The minimum Gasteiger partial charge on any atom is -0.497 e. The Hall–Kier alpha value is -3.42. The molecule has 0 bridgehead atoms. The van der Waals surface area contributed by atoms with Crippen LogP contribution in [0.25, 0.3) is 22.6 Å². The molecule has 1 heterocycles. The highest BCUT2D eigenvalue weighted by Crippen LogP contribution is 2.29. The second-order valence-corrected chi connectivity index (χ2v) is 7.64. The van der Waals surface area contributed by atoms with Crippen LogP contribution in [-0.4, -0.2) is 23.1 Å². The maximum absolute atomic E-state index is 12.4. The summed E-state index contributed by atoms with van der Waals surface area (Å²) in [5.41, 5.74) is 4.28. The average Bonchev–Trinajstić information content (AvgIpc) is 3.19. The number of carbonyl (C=O) groups is 1. The van der Waals surface area contributed by atoms with E-state index in [1.807, 2.05) is 43.3 Å². The van der Waals surface area contributed by atoms with Gasteiger partial charge in [0.05, 0.1) is 7.11 Å². The normalized spacial score (nSPS) is 10.7. The molecule has 8 heteroatoms. The highest BCUT2D eigenvalue weighted by molar-refractivity contribution is 7.80. The number of anilines is 1. The number of halogens is 1. The SMILES string of the molecule is COc1ccc2oc(-c3ccc(C)c(NC(=S)NC(=O)c4ccc(Cl)cc4)c3)nc2c1. The summed E-state index contributed by atoms with van der Waals surface area (Å²) in [6.45, 7) is 1.94. The van der Waals surface area contributed by atoms with Crippen molar-refractivity contribution in [2.75, 3.05) is 12.4 Å². The molecule has 2 N–H and O–H groups in total. The number of rotatable bonds is 4. The molecular weight excluding hydrogens is 434 g/mol. The number of hydrogen-bond acceptors (Lipinski definition) is 5. The lowest BCUT2D eigenvalue weighted by atomic mass is 10.1. The zero-order chi connectivity index (χ0) is 22.0. The molecule has 0 spiro atoms. The van der Waals surface area contributed by atoms with Gasteiger partial charge in [-0.25, -0.2) is 4.98 Å². The molecule has 0 unspecified atom stereocenters. The topological polar surface area (TPSA) is 76.4 Å². The smallest absolute Gasteiger partial charge is 0.257 e. The van der Waals surface area contributed by atoms with Gasteiger partial charge < -0.3 is 14.5 Å². The second-order valence-electron chi connectivity index (χ2n) is 6.80. The molecule has 0 aliphatic heterocycles. The number of methoxy groups -OCH3 is 1. The molecule has 3 aromatic carbocycles. The minimum atomic E-state index is -0.323. The van der Waals surface area contributed by atoms with Crippen LogP contribution in [0.2, 0.25) is 5.02 Å².